The molecule has 0 aliphatic carbocycles. The van der Waals surface area contributed by atoms with Gasteiger partial charge in [-0.2, -0.15) is 0 Å². The van der Waals surface area contributed by atoms with Crippen LogP contribution in [0.25, 0.3) is 10.4 Å². The van der Waals surface area contributed by atoms with Crippen molar-refractivity contribution in [1.82, 2.24) is 0 Å². The largest absolute Gasteiger partial charge is 0.465 e. The molecule has 3 rings (SSSR count). The van der Waals surface area contributed by atoms with E-state index in [2.05, 4.69) is 5.32 Å². The molecule has 0 bridgehead atoms. The van der Waals surface area contributed by atoms with Crippen LogP contribution in [-0.2, 0) is 25.1 Å². The molecule has 3 aromatic rings. The normalized spacial score (nSPS) is 11.1. The number of sulfone groups is 1. The van der Waals surface area contributed by atoms with Gasteiger partial charge in [0.25, 0.3) is 0 Å². The van der Waals surface area contributed by atoms with Crippen LogP contribution >= 0.6 is 11.3 Å². The predicted octanol–water partition coefficient (Wildman–Crippen LogP) is 4.15. The Balaban J connectivity index is 1.69. The van der Waals surface area contributed by atoms with Gasteiger partial charge in [-0.3, -0.25) is 4.79 Å². The zero-order chi connectivity index (χ0) is 21.6. The second kappa shape index (κ2) is 9.69. The number of thiophene rings is 1. The van der Waals surface area contributed by atoms with Gasteiger partial charge in [-0.25, -0.2) is 13.2 Å². The molecular formula is C22H21NO5S2. The van der Waals surface area contributed by atoms with Crippen molar-refractivity contribution in [2.45, 2.75) is 12.2 Å². The highest BCUT2D eigenvalue weighted by Crippen LogP contribution is 2.35. The van der Waals surface area contributed by atoms with E-state index < -0.39 is 21.7 Å². The number of methoxy groups -OCH3 is 1. The fraction of sp³-hybridized carbons (Fsp3) is 0.182. The Bertz CT molecular complexity index is 1120. The van der Waals surface area contributed by atoms with Crippen LogP contribution in [0.3, 0.4) is 0 Å². The average molecular weight is 444 g/mol. The molecule has 1 heterocycles. The van der Waals surface area contributed by atoms with E-state index in [4.69, 9.17) is 4.74 Å². The van der Waals surface area contributed by atoms with E-state index in [1.54, 1.807) is 30.3 Å². The van der Waals surface area contributed by atoms with E-state index in [9.17, 15) is 18.0 Å². The molecule has 1 aromatic heterocycles. The van der Waals surface area contributed by atoms with Crippen LogP contribution in [0.2, 0.25) is 0 Å². The third-order valence-electron chi connectivity index (χ3n) is 4.30. The van der Waals surface area contributed by atoms with Gasteiger partial charge in [-0.15, -0.1) is 11.3 Å². The van der Waals surface area contributed by atoms with Crippen LogP contribution < -0.4 is 5.32 Å². The smallest absolute Gasteiger partial charge is 0.350 e. The summed E-state index contributed by atoms with van der Waals surface area (Å²) in [7, 11) is -2.17. The van der Waals surface area contributed by atoms with Crippen LogP contribution in [0, 0.1) is 0 Å². The second-order valence-electron chi connectivity index (χ2n) is 6.59. The zero-order valence-electron chi connectivity index (χ0n) is 16.3. The molecule has 0 saturated carbocycles. The first kappa shape index (κ1) is 21.7. The van der Waals surface area contributed by atoms with E-state index in [1.807, 2.05) is 36.4 Å². The summed E-state index contributed by atoms with van der Waals surface area (Å²) in [5.41, 5.74) is 1.89. The molecule has 30 heavy (non-hydrogen) atoms. The molecule has 0 aliphatic heterocycles. The Morgan fingerprint density at radius 1 is 1.00 bits per heavy atom. The number of benzene rings is 2. The highest BCUT2D eigenvalue weighted by Gasteiger charge is 2.21. The number of anilines is 1. The first-order chi connectivity index (χ1) is 14.4. The number of rotatable bonds is 8. The van der Waals surface area contributed by atoms with Crippen LogP contribution in [0.4, 0.5) is 5.69 Å². The number of carbonyl (C=O) groups excluding carboxylic acids is 2. The Labute approximate surface area is 179 Å². The van der Waals surface area contributed by atoms with Gasteiger partial charge in [-0.05, 0) is 17.2 Å². The third kappa shape index (κ3) is 5.77. The lowest BCUT2D eigenvalue weighted by molar-refractivity contribution is -0.115. The minimum Gasteiger partial charge on any atom is -0.465 e. The first-order valence-electron chi connectivity index (χ1n) is 9.20. The number of carbonyl (C=O) groups is 2. The molecule has 1 N–H and O–H groups in total. The number of nitrogens with one attached hydrogen (secondary N) is 1. The molecule has 8 heteroatoms. The van der Waals surface area contributed by atoms with Crippen molar-refractivity contribution in [2.24, 2.45) is 0 Å². The van der Waals surface area contributed by atoms with Gasteiger partial charge in [0, 0.05) is 11.3 Å². The maximum Gasteiger partial charge on any atom is 0.350 e. The van der Waals surface area contributed by atoms with Gasteiger partial charge in [0.2, 0.25) is 5.91 Å². The molecule has 0 atom stereocenters. The Morgan fingerprint density at radius 3 is 2.27 bits per heavy atom. The maximum absolute atomic E-state index is 12.4. The van der Waals surface area contributed by atoms with Crippen molar-refractivity contribution < 1.29 is 22.7 Å². The van der Waals surface area contributed by atoms with Gasteiger partial charge in [0.1, 0.15) is 4.88 Å². The first-order valence-corrected chi connectivity index (χ1v) is 11.8. The number of esters is 1. The predicted molar refractivity (Wildman–Crippen MR) is 118 cm³/mol. The lowest BCUT2D eigenvalue weighted by atomic mass is 10.2. The SMILES string of the molecule is COC(=O)c1sc(-c2ccccc2)cc1NC(=O)CCS(=O)(=O)Cc1ccccc1. The van der Waals surface area contributed by atoms with E-state index in [-0.39, 0.29) is 22.8 Å². The maximum atomic E-state index is 12.4. The van der Waals surface area contributed by atoms with Crippen molar-refractivity contribution in [1.29, 1.82) is 0 Å². The summed E-state index contributed by atoms with van der Waals surface area (Å²) < 4.78 is 29.4. The molecule has 0 aliphatic rings. The Hall–Kier alpha value is -2.97. The molecule has 0 saturated heterocycles. The van der Waals surface area contributed by atoms with Crippen LogP contribution in [0.15, 0.2) is 66.7 Å². The van der Waals surface area contributed by atoms with Crippen LogP contribution in [-0.4, -0.2) is 33.2 Å². The van der Waals surface area contributed by atoms with E-state index in [1.165, 1.54) is 18.4 Å². The molecule has 1 amide bonds. The van der Waals surface area contributed by atoms with Gasteiger partial charge >= 0.3 is 5.97 Å². The molecule has 0 radical (unpaired) electrons. The van der Waals surface area contributed by atoms with Crippen molar-refractivity contribution in [3.63, 3.8) is 0 Å². The third-order valence-corrected chi connectivity index (χ3v) is 7.07. The van der Waals surface area contributed by atoms with Crippen molar-refractivity contribution in [3.05, 3.63) is 77.2 Å². The monoisotopic (exact) mass is 443 g/mol. The minimum atomic E-state index is -3.44. The molecule has 0 spiro atoms. The van der Waals surface area contributed by atoms with E-state index in [0.717, 1.165) is 10.4 Å². The highest BCUT2D eigenvalue weighted by atomic mass is 32.2. The van der Waals surface area contributed by atoms with Crippen LogP contribution in [0.1, 0.15) is 21.7 Å². The van der Waals surface area contributed by atoms with Gasteiger partial charge in [0.15, 0.2) is 9.84 Å². The van der Waals surface area contributed by atoms with Crippen molar-refractivity contribution in [2.75, 3.05) is 18.2 Å². The van der Waals surface area contributed by atoms with Crippen molar-refractivity contribution in [3.8, 4) is 10.4 Å². The molecular weight excluding hydrogens is 422 g/mol. The fourth-order valence-electron chi connectivity index (χ4n) is 2.83. The summed E-state index contributed by atoms with van der Waals surface area (Å²) in [6, 6.07) is 20.0. The molecule has 6 nitrogen and oxygen atoms in total. The number of amides is 1. The van der Waals surface area contributed by atoms with E-state index in [0.29, 0.717) is 11.3 Å². The summed E-state index contributed by atoms with van der Waals surface area (Å²) in [6.07, 6.45) is -0.202. The lowest BCUT2D eigenvalue weighted by Gasteiger charge is -2.07. The van der Waals surface area contributed by atoms with Crippen LogP contribution in [0.5, 0.6) is 0 Å². The fourth-order valence-corrected chi connectivity index (χ4v) is 5.21. The number of ether oxygens (including phenoxy) is 1. The summed E-state index contributed by atoms with van der Waals surface area (Å²) in [6.45, 7) is 0. The van der Waals surface area contributed by atoms with Crippen molar-refractivity contribution >= 4 is 38.7 Å². The minimum absolute atomic E-state index is 0.120. The Kier molecular flexibility index (Phi) is 7.02. The van der Waals surface area contributed by atoms with Gasteiger partial charge in [-0.1, -0.05) is 60.7 Å². The standard InChI is InChI=1S/C22H21NO5S2/c1-28-22(25)21-18(14-19(29-21)17-10-6-3-7-11-17)23-20(24)12-13-30(26,27)15-16-8-4-2-5-9-16/h2-11,14H,12-13,15H2,1H3,(H,23,24). The topological polar surface area (TPSA) is 89.5 Å². The van der Waals surface area contributed by atoms with Gasteiger partial charge in [0.05, 0.1) is 24.3 Å². The number of hydrogen-bond donors (Lipinski definition) is 1. The quantitative estimate of drug-likeness (QED) is 0.529. The molecule has 0 unspecified atom stereocenters. The summed E-state index contributed by atoms with van der Waals surface area (Å²) >= 11 is 1.21. The summed E-state index contributed by atoms with van der Waals surface area (Å²) in [5, 5.41) is 2.66. The molecule has 156 valence electrons. The molecule has 0 fully saturated rings. The lowest BCUT2D eigenvalue weighted by Crippen LogP contribution is -2.19. The Morgan fingerprint density at radius 2 is 1.63 bits per heavy atom. The summed E-state index contributed by atoms with van der Waals surface area (Å²) in [4.78, 5) is 25.6. The average Bonchev–Trinajstić information content (AvgIpc) is 3.16. The summed E-state index contributed by atoms with van der Waals surface area (Å²) in [5.74, 6) is -1.44. The molecule has 2 aromatic carbocycles. The zero-order valence-corrected chi connectivity index (χ0v) is 18.0. The highest BCUT2D eigenvalue weighted by molar-refractivity contribution is 7.90. The van der Waals surface area contributed by atoms with E-state index >= 15 is 0 Å². The van der Waals surface area contributed by atoms with Gasteiger partial charge < -0.3 is 10.1 Å². The second-order valence-corrected chi connectivity index (χ2v) is 9.82. The number of hydrogen-bond acceptors (Lipinski definition) is 6.